The van der Waals surface area contributed by atoms with Crippen molar-refractivity contribution >= 4 is 0 Å². The van der Waals surface area contributed by atoms with Gasteiger partial charge in [0.1, 0.15) is 0 Å². The lowest BCUT2D eigenvalue weighted by Crippen LogP contribution is -2.26. The van der Waals surface area contributed by atoms with Crippen LogP contribution < -0.4 is 5.73 Å². The van der Waals surface area contributed by atoms with Crippen molar-refractivity contribution in [3.05, 3.63) is 11.7 Å². The lowest BCUT2D eigenvalue weighted by atomic mass is 9.87. The van der Waals surface area contributed by atoms with Gasteiger partial charge < -0.3 is 10.3 Å². The van der Waals surface area contributed by atoms with Gasteiger partial charge in [-0.2, -0.15) is 4.98 Å². The average Bonchev–Trinajstić information content (AvgIpc) is 2.83. The monoisotopic (exact) mass is 237 g/mol. The van der Waals surface area contributed by atoms with Crippen LogP contribution in [0.25, 0.3) is 0 Å². The van der Waals surface area contributed by atoms with Crippen molar-refractivity contribution in [3.8, 4) is 0 Å². The van der Waals surface area contributed by atoms with E-state index in [1.54, 1.807) is 0 Å². The molecule has 0 bridgehead atoms. The van der Waals surface area contributed by atoms with E-state index in [2.05, 4.69) is 37.8 Å². The van der Waals surface area contributed by atoms with E-state index in [0.29, 0.717) is 11.8 Å². The molecule has 1 aromatic rings. The number of nitrogens with zero attached hydrogens (tertiary/aromatic N) is 2. The second kappa shape index (κ2) is 4.41. The second-order valence-corrected chi connectivity index (χ2v) is 6.45. The molecule has 0 aromatic carbocycles. The van der Waals surface area contributed by atoms with Crippen molar-refractivity contribution in [1.29, 1.82) is 0 Å². The molecule has 3 atom stereocenters. The fourth-order valence-corrected chi connectivity index (χ4v) is 2.35. The van der Waals surface area contributed by atoms with Crippen molar-refractivity contribution < 1.29 is 4.52 Å². The van der Waals surface area contributed by atoms with Crippen LogP contribution in [0, 0.1) is 11.3 Å². The van der Waals surface area contributed by atoms with Crippen molar-refractivity contribution in [2.75, 3.05) is 0 Å². The summed E-state index contributed by atoms with van der Waals surface area (Å²) in [5, 5.41) is 4.10. The van der Waals surface area contributed by atoms with Crippen molar-refractivity contribution in [2.45, 2.75) is 58.9 Å². The Hall–Kier alpha value is -0.900. The molecule has 1 aromatic heterocycles. The topological polar surface area (TPSA) is 64.9 Å². The van der Waals surface area contributed by atoms with Crippen LogP contribution in [-0.4, -0.2) is 10.1 Å². The minimum atomic E-state index is -0.192. The summed E-state index contributed by atoms with van der Waals surface area (Å²) in [6, 6.07) is -0.192. The molecule has 2 unspecified atom stereocenters. The number of aromatic nitrogens is 2. The summed E-state index contributed by atoms with van der Waals surface area (Å²) in [6.45, 7) is 8.53. The van der Waals surface area contributed by atoms with Crippen LogP contribution in [0.3, 0.4) is 0 Å². The highest BCUT2D eigenvalue weighted by atomic mass is 16.5. The van der Waals surface area contributed by atoms with Gasteiger partial charge in [0, 0.05) is 5.92 Å². The van der Waals surface area contributed by atoms with E-state index in [0.717, 1.165) is 11.7 Å². The largest absolute Gasteiger partial charge is 0.338 e. The van der Waals surface area contributed by atoms with Gasteiger partial charge in [0.2, 0.25) is 5.89 Å². The Balaban J connectivity index is 2.11. The molecule has 1 aliphatic carbocycles. The van der Waals surface area contributed by atoms with Crippen molar-refractivity contribution in [1.82, 2.24) is 10.1 Å². The summed E-state index contributed by atoms with van der Waals surface area (Å²) in [5.74, 6) is 2.67. The predicted molar refractivity (Wildman–Crippen MR) is 66.4 cm³/mol. The number of nitrogens with two attached hydrogens (primary N) is 1. The fourth-order valence-electron chi connectivity index (χ4n) is 2.35. The van der Waals surface area contributed by atoms with Crippen LogP contribution in [0.5, 0.6) is 0 Å². The standard InChI is InChI=1S/C13H23N3O/c1-8-5-6-9(7-8)11-15-12(17-16-11)10(14)13(2,3)4/h8-10H,5-7,14H2,1-4H3/t8?,9?,10-/m0/s1. The highest BCUT2D eigenvalue weighted by Crippen LogP contribution is 2.37. The van der Waals surface area contributed by atoms with E-state index < -0.39 is 0 Å². The molecule has 0 aliphatic heterocycles. The molecule has 96 valence electrons. The van der Waals surface area contributed by atoms with E-state index in [9.17, 15) is 0 Å². The van der Waals surface area contributed by atoms with Gasteiger partial charge in [-0.15, -0.1) is 0 Å². The normalized spacial score (nSPS) is 27.4. The Morgan fingerprint density at radius 2 is 2.06 bits per heavy atom. The molecule has 1 saturated carbocycles. The van der Waals surface area contributed by atoms with Crippen molar-refractivity contribution in [2.24, 2.45) is 17.1 Å². The third kappa shape index (κ3) is 2.68. The zero-order valence-electron chi connectivity index (χ0n) is 11.2. The average molecular weight is 237 g/mol. The molecule has 1 heterocycles. The molecule has 0 spiro atoms. The van der Waals surface area contributed by atoms with Gasteiger partial charge in [-0.1, -0.05) is 32.9 Å². The third-order valence-electron chi connectivity index (χ3n) is 3.72. The van der Waals surface area contributed by atoms with Gasteiger partial charge in [0.25, 0.3) is 0 Å². The molecule has 0 radical (unpaired) electrons. The molecule has 1 aliphatic rings. The van der Waals surface area contributed by atoms with E-state index in [1.807, 2.05) is 0 Å². The molecule has 1 fully saturated rings. The van der Waals surface area contributed by atoms with Gasteiger partial charge in [-0.25, -0.2) is 0 Å². The van der Waals surface area contributed by atoms with Crippen LogP contribution in [0.4, 0.5) is 0 Å². The van der Waals surface area contributed by atoms with Gasteiger partial charge in [0.05, 0.1) is 6.04 Å². The van der Waals surface area contributed by atoms with Crippen LogP contribution in [0.15, 0.2) is 4.52 Å². The Morgan fingerprint density at radius 1 is 1.35 bits per heavy atom. The molecule has 2 N–H and O–H groups in total. The Bertz CT molecular complexity index is 380. The summed E-state index contributed by atoms with van der Waals surface area (Å²) in [5.41, 5.74) is 6.07. The molecule has 4 heteroatoms. The Morgan fingerprint density at radius 3 is 2.59 bits per heavy atom. The van der Waals surface area contributed by atoms with Gasteiger partial charge in [-0.3, -0.25) is 0 Å². The van der Waals surface area contributed by atoms with Crippen LogP contribution in [0.1, 0.15) is 70.6 Å². The molecule has 4 nitrogen and oxygen atoms in total. The minimum absolute atomic E-state index is 0.0488. The molecular formula is C13H23N3O. The maximum Gasteiger partial charge on any atom is 0.244 e. The summed E-state index contributed by atoms with van der Waals surface area (Å²) >= 11 is 0. The Kier molecular flexibility index (Phi) is 3.25. The third-order valence-corrected chi connectivity index (χ3v) is 3.72. The van der Waals surface area contributed by atoms with E-state index in [1.165, 1.54) is 19.3 Å². The lowest BCUT2D eigenvalue weighted by Gasteiger charge is -2.23. The maximum absolute atomic E-state index is 6.12. The van der Waals surface area contributed by atoms with Crippen LogP contribution in [-0.2, 0) is 0 Å². The first-order valence-electron chi connectivity index (χ1n) is 6.47. The Labute approximate surface area is 103 Å². The number of hydrogen-bond acceptors (Lipinski definition) is 4. The highest BCUT2D eigenvalue weighted by Gasteiger charge is 2.31. The first-order valence-corrected chi connectivity index (χ1v) is 6.47. The fraction of sp³-hybridized carbons (Fsp3) is 0.846. The SMILES string of the molecule is CC1CCC(c2noc([C@H](N)C(C)(C)C)n2)C1. The van der Waals surface area contributed by atoms with Gasteiger partial charge >= 0.3 is 0 Å². The van der Waals surface area contributed by atoms with Crippen LogP contribution >= 0.6 is 0 Å². The van der Waals surface area contributed by atoms with E-state index in [4.69, 9.17) is 10.3 Å². The lowest BCUT2D eigenvalue weighted by molar-refractivity contribution is 0.252. The zero-order valence-corrected chi connectivity index (χ0v) is 11.2. The molecular weight excluding hydrogens is 214 g/mol. The molecule has 0 saturated heterocycles. The summed E-state index contributed by atoms with van der Waals surface area (Å²) in [6.07, 6.45) is 3.61. The molecule has 2 rings (SSSR count). The second-order valence-electron chi connectivity index (χ2n) is 6.45. The minimum Gasteiger partial charge on any atom is -0.338 e. The summed E-state index contributed by atoms with van der Waals surface area (Å²) in [7, 11) is 0. The molecule has 17 heavy (non-hydrogen) atoms. The summed E-state index contributed by atoms with van der Waals surface area (Å²) in [4.78, 5) is 4.49. The van der Waals surface area contributed by atoms with E-state index >= 15 is 0 Å². The predicted octanol–water partition coefficient (Wildman–Crippen LogP) is 3.02. The number of hydrogen-bond donors (Lipinski definition) is 1. The number of rotatable bonds is 2. The van der Waals surface area contributed by atoms with Gasteiger partial charge in [-0.05, 0) is 30.6 Å². The highest BCUT2D eigenvalue weighted by molar-refractivity contribution is 5.02. The summed E-state index contributed by atoms with van der Waals surface area (Å²) < 4.78 is 5.31. The first kappa shape index (κ1) is 12.6. The first-order chi connectivity index (χ1) is 7.88. The van der Waals surface area contributed by atoms with Crippen LogP contribution in [0.2, 0.25) is 0 Å². The zero-order chi connectivity index (χ0) is 12.6. The molecule has 0 amide bonds. The quantitative estimate of drug-likeness (QED) is 0.858. The van der Waals surface area contributed by atoms with Crippen molar-refractivity contribution in [3.63, 3.8) is 0 Å². The smallest absolute Gasteiger partial charge is 0.244 e. The maximum atomic E-state index is 6.12. The van der Waals surface area contributed by atoms with E-state index in [-0.39, 0.29) is 11.5 Å². The van der Waals surface area contributed by atoms with Gasteiger partial charge in [0.15, 0.2) is 5.82 Å².